The molecule has 4 amide bonds. The van der Waals surface area contributed by atoms with E-state index in [-0.39, 0.29) is 25.9 Å². The van der Waals surface area contributed by atoms with Crippen LogP contribution >= 0.6 is 0 Å². The first-order valence-electron chi connectivity index (χ1n) is 14.3. The number of methoxy groups -OCH3 is 1. The second-order valence-electron chi connectivity index (χ2n) is 10.9. The lowest BCUT2D eigenvalue weighted by molar-refractivity contribution is -0.154. The Balaban J connectivity index is 1.39. The molecular weight excluding hydrogens is 556 g/mol. The number of carbonyl (C=O) groups is 5. The second kappa shape index (κ2) is 14.1. The summed E-state index contributed by atoms with van der Waals surface area (Å²) in [5.41, 5.74) is 0.427. The number of alkyl carbamates (subject to hydrolysis) is 1. The molecule has 2 aliphatic heterocycles. The maximum Gasteiger partial charge on any atom is 0.408 e. The molecule has 43 heavy (non-hydrogen) atoms. The summed E-state index contributed by atoms with van der Waals surface area (Å²) in [6, 6.07) is 14.9. The van der Waals surface area contributed by atoms with Crippen LogP contribution in [0.2, 0.25) is 0 Å². The molecule has 5 atom stereocenters. The Bertz CT molecular complexity index is 1310. The molecule has 0 aromatic heterocycles. The van der Waals surface area contributed by atoms with Gasteiger partial charge in [-0.15, -0.1) is 0 Å². The van der Waals surface area contributed by atoms with Crippen LogP contribution in [0.4, 0.5) is 4.79 Å². The molecule has 12 heteroatoms. The number of aliphatic hydroxyl groups excluding tert-OH is 1. The highest BCUT2D eigenvalue weighted by Gasteiger charge is 2.54. The molecule has 4 rings (SSSR count). The topological polar surface area (TPSA) is 163 Å². The minimum absolute atomic E-state index is 0.0246. The van der Waals surface area contributed by atoms with Gasteiger partial charge < -0.3 is 35.4 Å². The van der Waals surface area contributed by atoms with Gasteiger partial charge in [0.15, 0.2) is 0 Å². The van der Waals surface area contributed by atoms with Crippen molar-refractivity contribution in [2.75, 3.05) is 13.7 Å². The first kappa shape index (κ1) is 31.5. The Hall–Kier alpha value is -4.45. The standard InChI is InChI=1S/C31H38N4O8/c1-20(36)25(34-30(41)43-19-22-12-7-4-8-13-22)26(37)32-23-14-16-31(15-9-17-35(31)27(23)38)29(40)33-24(28(39)42-2)18-21-10-5-3-6-11-21/h3-8,10-13,20,23-25,36H,9,14-19H2,1-2H3,(H,32,37)(H,33,40)(H,34,41)/t20?,23-,24+,25+,31-/m1/s1. The van der Waals surface area contributed by atoms with Crippen LogP contribution < -0.4 is 16.0 Å². The van der Waals surface area contributed by atoms with Crippen molar-refractivity contribution in [3.63, 3.8) is 0 Å². The second-order valence-corrected chi connectivity index (χ2v) is 10.9. The van der Waals surface area contributed by atoms with Crippen molar-refractivity contribution in [3.05, 3.63) is 71.8 Å². The molecule has 0 aliphatic carbocycles. The van der Waals surface area contributed by atoms with Crippen molar-refractivity contribution in [3.8, 4) is 0 Å². The van der Waals surface area contributed by atoms with Crippen molar-refractivity contribution >= 4 is 29.8 Å². The number of rotatable bonds is 11. The third kappa shape index (κ3) is 7.50. The van der Waals surface area contributed by atoms with Gasteiger partial charge in [-0.1, -0.05) is 60.7 Å². The van der Waals surface area contributed by atoms with E-state index in [0.29, 0.717) is 19.4 Å². The normalized spacial score (nSPS) is 21.5. The van der Waals surface area contributed by atoms with Gasteiger partial charge >= 0.3 is 12.1 Å². The lowest BCUT2D eigenvalue weighted by Crippen LogP contribution is -2.67. The zero-order chi connectivity index (χ0) is 31.0. The minimum Gasteiger partial charge on any atom is -0.467 e. The summed E-state index contributed by atoms with van der Waals surface area (Å²) in [5.74, 6) is -2.24. The Morgan fingerprint density at radius 1 is 1.00 bits per heavy atom. The number of nitrogens with one attached hydrogen (secondary N) is 3. The van der Waals surface area contributed by atoms with Gasteiger partial charge in [0, 0.05) is 13.0 Å². The van der Waals surface area contributed by atoms with Crippen molar-refractivity contribution in [1.29, 1.82) is 0 Å². The molecular formula is C31H38N4O8. The zero-order valence-electron chi connectivity index (χ0n) is 24.3. The van der Waals surface area contributed by atoms with Gasteiger partial charge in [0.05, 0.1) is 13.2 Å². The molecule has 2 aromatic carbocycles. The Morgan fingerprint density at radius 2 is 1.65 bits per heavy atom. The van der Waals surface area contributed by atoms with Crippen LogP contribution in [0.3, 0.4) is 0 Å². The fourth-order valence-electron chi connectivity index (χ4n) is 5.67. The molecule has 2 fully saturated rings. The Kier molecular flexibility index (Phi) is 10.4. The lowest BCUT2D eigenvalue weighted by Gasteiger charge is -2.44. The van der Waals surface area contributed by atoms with Gasteiger partial charge in [-0.25, -0.2) is 9.59 Å². The summed E-state index contributed by atoms with van der Waals surface area (Å²) in [6.45, 7) is 1.63. The summed E-state index contributed by atoms with van der Waals surface area (Å²) in [4.78, 5) is 66.7. The first-order valence-corrected chi connectivity index (χ1v) is 14.3. The van der Waals surface area contributed by atoms with Crippen molar-refractivity contribution in [2.24, 2.45) is 0 Å². The van der Waals surface area contributed by atoms with E-state index in [1.165, 1.54) is 18.9 Å². The summed E-state index contributed by atoms with van der Waals surface area (Å²) < 4.78 is 10.1. The van der Waals surface area contributed by atoms with Crippen LogP contribution in [0, 0.1) is 0 Å². The third-order valence-electron chi connectivity index (χ3n) is 7.96. The summed E-state index contributed by atoms with van der Waals surface area (Å²) in [6.07, 6.45) is -0.557. The number of aliphatic hydroxyl groups is 1. The SMILES string of the molecule is COC(=O)[C@H](Cc1ccccc1)NC(=O)[C@]12CCCN1C(=O)[C@H](NC(=O)[C@@H](NC(=O)OCc1ccccc1)C(C)O)CC2. The zero-order valence-corrected chi connectivity index (χ0v) is 24.3. The molecule has 4 N–H and O–H groups in total. The maximum atomic E-state index is 13.7. The van der Waals surface area contributed by atoms with Gasteiger partial charge in [0.1, 0.15) is 30.3 Å². The number of hydrogen-bond acceptors (Lipinski definition) is 8. The van der Waals surface area contributed by atoms with E-state index in [1.807, 2.05) is 36.4 Å². The molecule has 230 valence electrons. The van der Waals surface area contributed by atoms with E-state index in [0.717, 1.165) is 11.1 Å². The monoisotopic (exact) mass is 594 g/mol. The highest BCUT2D eigenvalue weighted by atomic mass is 16.5. The quantitative estimate of drug-likeness (QED) is 0.282. The van der Waals surface area contributed by atoms with Crippen LogP contribution in [0.1, 0.15) is 43.7 Å². The van der Waals surface area contributed by atoms with Gasteiger partial charge in [0.25, 0.3) is 0 Å². The number of benzene rings is 2. The number of hydrogen-bond donors (Lipinski definition) is 4. The molecule has 1 unspecified atom stereocenters. The average Bonchev–Trinajstić information content (AvgIpc) is 3.46. The first-order chi connectivity index (χ1) is 20.6. The molecule has 0 bridgehead atoms. The fraction of sp³-hybridized carbons (Fsp3) is 0.452. The molecule has 2 saturated heterocycles. The Morgan fingerprint density at radius 3 is 2.28 bits per heavy atom. The predicted molar refractivity (Wildman–Crippen MR) is 154 cm³/mol. The lowest BCUT2D eigenvalue weighted by atomic mass is 9.83. The van der Waals surface area contributed by atoms with Crippen molar-refractivity contribution in [1.82, 2.24) is 20.9 Å². The maximum absolute atomic E-state index is 13.7. The third-order valence-corrected chi connectivity index (χ3v) is 7.96. The van der Waals surface area contributed by atoms with Gasteiger partial charge in [-0.2, -0.15) is 0 Å². The number of nitrogens with zero attached hydrogens (tertiary/aromatic N) is 1. The number of ether oxygens (including phenoxy) is 2. The van der Waals surface area contributed by atoms with Crippen LogP contribution in [0.25, 0.3) is 0 Å². The summed E-state index contributed by atoms with van der Waals surface area (Å²) in [5, 5.41) is 18.0. The van der Waals surface area contributed by atoms with Crippen LogP contribution in [0.15, 0.2) is 60.7 Å². The van der Waals surface area contributed by atoms with Crippen molar-refractivity contribution in [2.45, 2.75) is 75.4 Å². The predicted octanol–water partition coefficient (Wildman–Crippen LogP) is 1.20. The van der Waals surface area contributed by atoms with E-state index in [2.05, 4.69) is 16.0 Å². The van der Waals surface area contributed by atoms with E-state index in [9.17, 15) is 29.1 Å². The molecule has 0 saturated carbocycles. The summed E-state index contributed by atoms with van der Waals surface area (Å²) in [7, 11) is 1.25. The highest BCUT2D eigenvalue weighted by Crippen LogP contribution is 2.39. The molecule has 2 aliphatic rings. The number of amides is 4. The van der Waals surface area contributed by atoms with E-state index < -0.39 is 59.6 Å². The Labute approximate surface area is 250 Å². The van der Waals surface area contributed by atoms with Crippen molar-refractivity contribution < 1.29 is 38.6 Å². The van der Waals surface area contributed by atoms with Gasteiger partial charge in [0.2, 0.25) is 17.7 Å². The summed E-state index contributed by atoms with van der Waals surface area (Å²) >= 11 is 0. The molecule has 2 aromatic rings. The van der Waals surface area contributed by atoms with Crippen LogP contribution in [-0.2, 0) is 41.7 Å². The average molecular weight is 595 g/mol. The fourth-order valence-corrected chi connectivity index (χ4v) is 5.67. The largest absolute Gasteiger partial charge is 0.467 e. The van der Waals surface area contributed by atoms with Crippen LogP contribution in [0.5, 0.6) is 0 Å². The minimum atomic E-state index is -1.37. The van der Waals surface area contributed by atoms with E-state index in [1.54, 1.807) is 24.3 Å². The molecule has 0 spiro atoms. The molecule has 2 heterocycles. The number of fused-ring (bicyclic) bond motifs is 1. The molecule has 0 radical (unpaired) electrons. The number of carbonyl (C=O) groups excluding carboxylic acids is 5. The van der Waals surface area contributed by atoms with E-state index >= 15 is 0 Å². The van der Waals surface area contributed by atoms with Gasteiger partial charge in [-0.3, -0.25) is 14.4 Å². The van der Waals surface area contributed by atoms with E-state index in [4.69, 9.17) is 9.47 Å². The number of piperidine rings is 1. The molecule has 12 nitrogen and oxygen atoms in total. The van der Waals surface area contributed by atoms with Gasteiger partial charge in [-0.05, 0) is 43.7 Å². The smallest absolute Gasteiger partial charge is 0.408 e. The highest BCUT2D eigenvalue weighted by molar-refractivity contribution is 5.98. The van der Waals surface area contributed by atoms with Crippen LogP contribution in [-0.4, -0.2) is 83.2 Å². The number of esters is 1.